The minimum absolute atomic E-state index is 0.166. The quantitative estimate of drug-likeness (QED) is 0.679. The van der Waals surface area contributed by atoms with Gasteiger partial charge in [-0.2, -0.15) is 0 Å². The first-order valence-corrected chi connectivity index (χ1v) is 7.59. The van der Waals surface area contributed by atoms with Crippen molar-refractivity contribution < 1.29 is 4.92 Å². The molecule has 1 aromatic rings. The van der Waals surface area contributed by atoms with Crippen LogP contribution in [-0.4, -0.2) is 30.0 Å². The molecule has 1 aromatic carbocycles. The van der Waals surface area contributed by atoms with Crippen LogP contribution in [0, 0.1) is 15.5 Å². The summed E-state index contributed by atoms with van der Waals surface area (Å²) in [6, 6.07) is 5.05. The number of likely N-dealkylation sites (tertiary alicyclic amines) is 1. The molecular weight excluding hydrogens is 266 g/mol. The molecule has 21 heavy (non-hydrogen) atoms. The van der Waals surface area contributed by atoms with E-state index in [0.29, 0.717) is 5.41 Å². The topological polar surface area (TPSA) is 58.4 Å². The second-order valence-corrected chi connectivity index (χ2v) is 6.64. The van der Waals surface area contributed by atoms with Gasteiger partial charge in [0.25, 0.3) is 5.69 Å². The highest BCUT2D eigenvalue weighted by Crippen LogP contribution is 2.31. The number of hydrogen-bond donors (Lipinski definition) is 1. The molecule has 116 valence electrons. The summed E-state index contributed by atoms with van der Waals surface area (Å²) in [5, 5.41) is 14.1. The Balaban J connectivity index is 2.14. The molecule has 1 saturated heterocycles. The number of anilines is 1. The summed E-state index contributed by atoms with van der Waals surface area (Å²) in [5.41, 5.74) is 2.55. The van der Waals surface area contributed by atoms with Gasteiger partial charge in [-0.3, -0.25) is 15.0 Å². The predicted octanol–water partition coefficient (Wildman–Crippen LogP) is 3.65. The van der Waals surface area contributed by atoms with Gasteiger partial charge in [-0.05, 0) is 49.4 Å². The molecule has 2 rings (SSSR count). The zero-order chi connectivity index (χ0) is 15.5. The molecule has 5 heteroatoms. The number of nitrogens with one attached hydrogen (secondary N) is 1. The molecule has 1 aliphatic rings. The summed E-state index contributed by atoms with van der Waals surface area (Å²) in [4.78, 5) is 13.0. The number of non-ortho nitro benzene ring substituents is 1. The average molecular weight is 291 g/mol. The lowest BCUT2D eigenvalue weighted by molar-refractivity contribution is -0.384. The van der Waals surface area contributed by atoms with Gasteiger partial charge in [0.15, 0.2) is 0 Å². The minimum atomic E-state index is -0.325. The van der Waals surface area contributed by atoms with E-state index < -0.39 is 0 Å². The Labute approximate surface area is 126 Å². The van der Waals surface area contributed by atoms with E-state index >= 15 is 0 Å². The fourth-order valence-electron chi connectivity index (χ4n) is 2.95. The summed E-state index contributed by atoms with van der Waals surface area (Å²) in [6.45, 7) is 7.54. The Morgan fingerprint density at radius 3 is 2.76 bits per heavy atom. The van der Waals surface area contributed by atoms with Crippen molar-refractivity contribution in [2.45, 2.75) is 39.7 Å². The zero-order valence-electron chi connectivity index (χ0n) is 13.2. The van der Waals surface area contributed by atoms with E-state index in [1.54, 1.807) is 18.2 Å². The third-order valence-corrected chi connectivity index (χ3v) is 4.40. The normalized spacial score (nSPS) is 19.0. The Morgan fingerprint density at radius 2 is 2.10 bits per heavy atom. The maximum absolute atomic E-state index is 11.0. The first-order chi connectivity index (χ1) is 9.91. The van der Waals surface area contributed by atoms with Crippen molar-refractivity contribution in [1.82, 2.24) is 4.90 Å². The molecule has 0 amide bonds. The Kier molecular flexibility index (Phi) is 4.83. The molecule has 0 atom stereocenters. The molecule has 1 heterocycles. The van der Waals surface area contributed by atoms with Gasteiger partial charge in [-0.15, -0.1) is 0 Å². The summed E-state index contributed by atoms with van der Waals surface area (Å²) >= 11 is 0. The van der Waals surface area contributed by atoms with Gasteiger partial charge < -0.3 is 5.32 Å². The number of nitro benzene ring substituents is 1. The van der Waals surface area contributed by atoms with Crippen LogP contribution in [0.1, 0.15) is 38.7 Å². The maximum Gasteiger partial charge on any atom is 0.269 e. The number of nitro groups is 1. The van der Waals surface area contributed by atoms with Crippen molar-refractivity contribution in [3.8, 4) is 0 Å². The number of rotatable bonds is 4. The van der Waals surface area contributed by atoms with E-state index in [9.17, 15) is 10.1 Å². The van der Waals surface area contributed by atoms with Gasteiger partial charge in [0.05, 0.1) is 4.92 Å². The Hall–Kier alpha value is -1.62. The Bertz CT molecular complexity index is 514. The second-order valence-electron chi connectivity index (χ2n) is 6.64. The van der Waals surface area contributed by atoms with E-state index in [2.05, 4.69) is 24.1 Å². The van der Waals surface area contributed by atoms with Crippen LogP contribution in [0.25, 0.3) is 0 Å². The number of benzene rings is 1. The van der Waals surface area contributed by atoms with Crippen molar-refractivity contribution in [3.63, 3.8) is 0 Å². The molecule has 1 N–H and O–H groups in total. The molecule has 0 saturated carbocycles. The van der Waals surface area contributed by atoms with Crippen molar-refractivity contribution in [2.24, 2.45) is 5.41 Å². The van der Waals surface area contributed by atoms with E-state index in [-0.39, 0.29) is 10.6 Å². The van der Waals surface area contributed by atoms with E-state index in [0.717, 1.165) is 30.9 Å². The predicted molar refractivity (Wildman–Crippen MR) is 85.6 cm³/mol. The maximum atomic E-state index is 11.0. The van der Waals surface area contributed by atoms with E-state index in [1.165, 1.54) is 19.3 Å². The molecule has 1 aliphatic heterocycles. The van der Waals surface area contributed by atoms with Gasteiger partial charge >= 0.3 is 0 Å². The van der Waals surface area contributed by atoms with Crippen LogP contribution in [0.4, 0.5) is 11.4 Å². The van der Waals surface area contributed by atoms with Crippen LogP contribution in [0.5, 0.6) is 0 Å². The van der Waals surface area contributed by atoms with Crippen LogP contribution in [0.15, 0.2) is 18.2 Å². The second kappa shape index (κ2) is 6.43. The molecule has 0 aromatic heterocycles. The molecule has 0 unspecified atom stereocenters. The summed E-state index contributed by atoms with van der Waals surface area (Å²) in [7, 11) is 1.86. The summed E-state index contributed by atoms with van der Waals surface area (Å²) in [6.07, 6.45) is 3.62. The SMILES string of the molecule is CNc1ccc([N+](=O)[O-])cc1CN1CCCC(C)(C)CC1. The lowest BCUT2D eigenvalue weighted by Gasteiger charge is -2.24. The van der Waals surface area contributed by atoms with E-state index in [4.69, 9.17) is 0 Å². The highest BCUT2D eigenvalue weighted by atomic mass is 16.6. The van der Waals surface area contributed by atoms with Gasteiger partial charge in [-0.1, -0.05) is 13.8 Å². The fourth-order valence-corrected chi connectivity index (χ4v) is 2.95. The lowest BCUT2D eigenvalue weighted by Crippen LogP contribution is -2.25. The lowest BCUT2D eigenvalue weighted by atomic mass is 9.85. The fraction of sp³-hybridized carbons (Fsp3) is 0.625. The van der Waals surface area contributed by atoms with Crippen molar-refractivity contribution >= 4 is 11.4 Å². The smallest absolute Gasteiger partial charge is 0.269 e. The molecule has 0 bridgehead atoms. The molecule has 5 nitrogen and oxygen atoms in total. The van der Waals surface area contributed by atoms with Crippen molar-refractivity contribution in [2.75, 3.05) is 25.5 Å². The largest absolute Gasteiger partial charge is 0.388 e. The highest BCUT2D eigenvalue weighted by Gasteiger charge is 2.23. The number of nitrogens with zero attached hydrogens (tertiary/aromatic N) is 2. The van der Waals surface area contributed by atoms with Crippen LogP contribution in [0.2, 0.25) is 0 Å². The third kappa shape index (κ3) is 4.17. The van der Waals surface area contributed by atoms with Crippen LogP contribution >= 0.6 is 0 Å². The first-order valence-electron chi connectivity index (χ1n) is 7.59. The zero-order valence-corrected chi connectivity index (χ0v) is 13.2. The Morgan fingerprint density at radius 1 is 1.33 bits per heavy atom. The standard InChI is InChI=1S/C16H25N3O2/c1-16(2)7-4-9-18(10-8-16)12-13-11-14(19(20)21)5-6-15(13)17-3/h5-6,11,17H,4,7-10,12H2,1-3H3. The molecular formula is C16H25N3O2. The summed E-state index contributed by atoms with van der Waals surface area (Å²) in [5.74, 6) is 0. The molecule has 0 aliphatic carbocycles. The van der Waals surface area contributed by atoms with Crippen molar-refractivity contribution in [1.29, 1.82) is 0 Å². The summed E-state index contributed by atoms with van der Waals surface area (Å²) < 4.78 is 0. The van der Waals surface area contributed by atoms with Gasteiger partial charge in [0, 0.05) is 31.4 Å². The monoisotopic (exact) mass is 291 g/mol. The first kappa shape index (κ1) is 15.8. The van der Waals surface area contributed by atoms with Gasteiger partial charge in [0.2, 0.25) is 0 Å². The molecule has 1 fully saturated rings. The van der Waals surface area contributed by atoms with Crippen LogP contribution < -0.4 is 5.32 Å². The number of hydrogen-bond acceptors (Lipinski definition) is 4. The van der Waals surface area contributed by atoms with Crippen LogP contribution in [-0.2, 0) is 6.54 Å². The molecule has 0 spiro atoms. The molecule has 0 radical (unpaired) electrons. The minimum Gasteiger partial charge on any atom is -0.388 e. The van der Waals surface area contributed by atoms with Crippen molar-refractivity contribution in [3.05, 3.63) is 33.9 Å². The van der Waals surface area contributed by atoms with Gasteiger partial charge in [-0.25, -0.2) is 0 Å². The average Bonchev–Trinajstić information content (AvgIpc) is 2.60. The van der Waals surface area contributed by atoms with Crippen LogP contribution in [0.3, 0.4) is 0 Å². The van der Waals surface area contributed by atoms with E-state index in [1.807, 2.05) is 7.05 Å². The third-order valence-electron chi connectivity index (χ3n) is 4.40. The van der Waals surface area contributed by atoms with Gasteiger partial charge in [0.1, 0.15) is 0 Å². The highest BCUT2D eigenvalue weighted by molar-refractivity contribution is 5.55.